The third kappa shape index (κ3) is 7.04. The Morgan fingerprint density at radius 3 is 2.44 bits per heavy atom. The number of hydrogen-bond acceptors (Lipinski definition) is 7. The molecule has 2 aromatic rings. The number of nitrogens with one attached hydrogen (secondary N) is 3. The normalized spacial score (nSPS) is 25.0. The van der Waals surface area contributed by atoms with E-state index in [-0.39, 0.29) is 11.7 Å². The zero-order valence-electron chi connectivity index (χ0n) is 17.4. The van der Waals surface area contributed by atoms with Crippen LogP contribution >= 0.6 is 0 Å². The summed E-state index contributed by atoms with van der Waals surface area (Å²) in [5, 5.41) is 24.9. The Morgan fingerprint density at radius 2 is 1.88 bits per heavy atom. The lowest BCUT2D eigenvalue weighted by Gasteiger charge is -2.34. The number of tetrazole rings is 1. The van der Waals surface area contributed by atoms with Crippen molar-refractivity contribution in [1.29, 1.82) is 0 Å². The summed E-state index contributed by atoms with van der Waals surface area (Å²) in [6.45, 7) is 2.11. The maximum Gasteiger partial charge on any atom is 0.416 e. The van der Waals surface area contributed by atoms with E-state index in [4.69, 9.17) is 8.76 Å². The predicted molar refractivity (Wildman–Crippen MR) is 112 cm³/mol. The maximum atomic E-state index is 13.2. The molecule has 1 saturated heterocycles. The largest absolute Gasteiger partial charge is 0.760 e. The van der Waals surface area contributed by atoms with Crippen molar-refractivity contribution in [2.24, 2.45) is 5.14 Å². The second kappa shape index (κ2) is 11.3. The standard InChI is InChI=1S/C19H25F3N6.H3NO2S/c20-19(21,22)13-5-8-16(17(10-13)18-25-27-28-26-18)12-3-6-14(7-4-12)24-15-2-1-9-23-11-15;1-4(2)3/h5,8,10,12,14-15,23-24H,1-4,6-7,9,11H2,(H,25,26,27,28);1H2,(H,2,3)/p-1. The van der Waals surface area contributed by atoms with Gasteiger partial charge in [-0.05, 0) is 73.9 Å². The van der Waals surface area contributed by atoms with Crippen molar-refractivity contribution in [3.63, 3.8) is 0 Å². The second-order valence-corrected chi connectivity index (χ2v) is 8.58. The number of H-pyrrole nitrogens is 1. The van der Waals surface area contributed by atoms with Gasteiger partial charge in [-0.15, -0.1) is 10.2 Å². The molecule has 2 atom stereocenters. The smallest absolute Gasteiger partial charge is 0.416 e. The number of rotatable bonds is 4. The van der Waals surface area contributed by atoms with Gasteiger partial charge in [-0.3, -0.25) is 9.35 Å². The van der Waals surface area contributed by atoms with Crippen molar-refractivity contribution >= 4 is 11.3 Å². The Bertz CT molecular complexity index is 864. The Kier molecular flexibility index (Phi) is 8.71. The van der Waals surface area contributed by atoms with Crippen LogP contribution < -0.4 is 15.8 Å². The molecule has 2 unspecified atom stereocenters. The van der Waals surface area contributed by atoms with E-state index in [1.807, 2.05) is 0 Å². The van der Waals surface area contributed by atoms with Crippen LogP contribution in [0.5, 0.6) is 0 Å². The van der Waals surface area contributed by atoms with Crippen LogP contribution in [0.1, 0.15) is 55.6 Å². The molecule has 178 valence electrons. The number of hydrogen-bond donors (Lipinski definition) is 4. The molecule has 0 bridgehead atoms. The van der Waals surface area contributed by atoms with Crippen molar-refractivity contribution in [3.05, 3.63) is 29.3 Å². The zero-order valence-corrected chi connectivity index (χ0v) is 18.2. The molecule has 2 fully saturated rings. The van der Waals surface area contributed by atoms with Crippen LogP contribution in [0, 0.1) is 0 Å². The molecule has 0 amide bonds. The summed E-state index contributed by atoms with van der Waals surface area (Å²) in [7, 11) is 0. The zero-order chi connectivity index (χ0) is 23.1. The Morgan fingerprint density at radius 1 is 1.16 bits per heavy atom. The Labute approximate surface area is 186 Å². The van der Waals surface area contributed by atoms with Crippen LogP contribution in [0.2, 0.25) is 0 Å². The minimum Gasteiger partial charge on any atom is -0.760 e. The second-order valence-electron chi connectivity index (χ2n) is 8.05. The molecule has 1 aliphatic heterocycles. The summed E-state index contributed by atoms with van der Waals surface area (Å²) in [6.07, 6.45) is 1.93. The van der Waals surface area contributed by atoms with E-state index in [2.05, 4.69) is 36.4 Å². The number of alkyl halides is 3. The number of nitrogens with zero attached hydrogens (tertiary/aromatic N) is 3. The van der Waals surface area contributed by atoms with E-state index < -0.39 is 23.0 Å². The van der Waals surface area contributed by atoms with Crippen LogP contribution in [0.3, 0.4) is 0 Å². The predicted octanol–water partition coefficient (Wildman–Crippen LogP) is 1.99. The third-order valence-electron chi connectivity index (χ3n) is 5.90. The summed E-state index contributed by atoms with van der Waals surface area (Å²) >= 11 is -2.36. The molecule has 9 nitrogen and oxygen atoms in total. The number of nitrogens with two attached hydrogens (primary N) is 1. The number of piperidine rings is 1. The van der Waals surface area contributed by atoms with Gasteiger partial charge in [0, 0.05) is 35.5 Å². The fourth-order valence-electron chi connectivity index (χ4n) is 4.46. The van der Waals surface area contributed by atoms with Gasteiger partial charge >= 0.3 is 6.18 Å². The molecule has 32 heavy (non-hydrogen) atoms. The van der Waals surface area contributed by atoms with E-state index in [9.17, 15) is 13.2 Å². The van der Waals surface area contributed by atoms with Crippen molar-refractivity contribution < 1.29 is 21.9 Å². The van der Waals surface area contributed by atoms with E-state index >= 15 is 0 Å². The first-order valence-electron chi connectivity index (χ1n) is 10.5. The first-order valence-corrected chi connectivity index (χ1v) is 11.6. The summed E-state index contributed by atoms with van der Waals surface area (Å²) in [4.78, 5) is 0. The first-order chi connectivity index (χ1) is 15.2. The van der Waals surface area contributed by atoms with Gasteiger partial charge in [0.2, 0.25) is 5.82 Å². The summed E-state index contributed by atoms with van der Waals surface area (Å²) in [5.41, 5.74) is 0.625. The molecule has 2 heterocycles. The highest BCUT2D eigenvalue weighted by molar-refractivity contribution is 7.76. The highest BCUT2D eigenvalue weighted by Gasteiger charge is 2.33. The molecule has 1 aromatic heterocycles. The fourth-order valence-corrected chi connectivity index (χ4v) is 4.46. The topological polar surface area (TPSA) is 145 Å². The van der Waals surface area contributed by atoms with Gasteiger partial charge in [-0.1, -0.05) is 6.07 Å². The van der Waals surface area contributed by atoms with Crippen LogP contribution in [-0.2, 0) is 17.4 Å². The van der Waals surface area contributed by atoms with Gasteiger partial charge in [0.25, 0.3) is 0 Å². The molecular weight excluding hydrogens is 447 g/mol. The quantitative estimate of drug-likeness (QED) is 0.496. The average Bonchev–Trinajstić information content (AvgIpc) is 3.28. The Balaban J connectivity index is 0.000000668. The van der Waals surface area contributed by atoms with E-state index in [1.54, 1.807) is 6.07 Å². The first kappa shape index (κ1) is 24.7. The number of halogens is 3. The molecule has 4 rings (SSSR count). The Hall–Kier alpha value is -1.93. The van der Waals surface area contributed by atoms with Crippen LogP contribution in [-0.4, -0.2) is 54.6 Å². The lowest BCUT2D eigenvalue weighted by molar-refractivity contribution is -0.137. The molecule has 1 aromatic carbocycles. The molecule has 0 spiro atoms. The van der Waals surface area contributed by atoms with Crippen molar-refractivity contribution in [2.45, 2.75) is 62.7 Å². The van der Waals surface area contributed by atoms with Gasteiger partial charge in [0.05, 0.1) is 5.56 Å². The van der Waals surface area contributed by atoms with Crippen LogP contribution in [0.4, 0.5) is 13.2 Å². The number of benzene rings is 1. The van der Waals surface area contributed by atoms with Gasteiger partial charge in [0.1, 0.15) is 0 Å². The maximum absolute atomic E-state index is 13.2. The molecule has 5 N–H and O–H groups in total. The van der Waals surface area contributed by atoms with E-state index in [1.165, 1.54) is 12.8 Å². The van der Waals surface area contributed by atoms with Crippen molar-refractivity contribution in [1.82, 2.24) is 31.3 Å². The van der Waals surface area contributed by atoms with Crippen molar-refractivity contribution in [2.75, 3.05) is 13.1 Å². The summed E-state index contributed by atoms with van der Waals surface area (Å²) in [5.74, 6) is 0.424. The third-order valence-corrected chi connectivity index (χ3v) is 5.90. The highest BCUT2D eigenvalue weighted by Crippen LogP contribution is 2.40. The number of aromatic amines is 1. The van der Waals surface area contributed by atoms with Crippen molar-refractivity contribution in [3.8, 4) is 11.4 Å². The van der Waals surface area contributed by atoms with Gasteiger partial charge < -0.3 is 15.2 Å². The molecule has 1 aliphatic carbocycles. The lowest BCUT2D eigenvalue weighted by Crippen LogP contribution is -2.48. The molecule has 2 aliphatic rings. The van der Waals surface area contributed by atoms with Gasteiger partial charge in [0.15, 0.2) is 0 Å². The average molecular weight is 475 g/mol. The van der Waals surface area contributed by atoms with Gasteiger partial charge in [-0.2, -0.15) is 18.4 Å². The lowest BCUT2D eigenvalue weighted by atomic mass is 9.79. The molecular formula is C19H27F3N7O2S-. The molecule has 13 heteroatoms. The SMILES string of the molecule is FC(F)(F)c1ccc(C2CCC(NC3CCCNC3)CC2)c(-c2nn[nH]n2)c1.NS(=O)[O-]. The molecule has 1 saturated carbocycles. The minimum absolute atomic E-state index is 0.207. The fraction of sp³-hybridized carbons (Fsp3) is 0.632. The van der Waals surface area contributed by atoms with Crippen LogP contribution in [0.25, 0.3) is 11.4 Å². The van der Waals surface area contributed by atoms with E-state index in [0.717, 1.165) is 56.5 Å². The highest BCUT2D eigenvalue weighted by atomic mass is 32.2. The molecule has 0 radical (unpaired) electrons. The summed E-state index contributed by atoms with van der Waals surface area (Å²) in [6, 6.07) is 4.91. The van der Waals surface area contributed by atoms with Gasteiger partial charge in [-0.25, -0.2) is 0 Å². The minimum atomic E-state index is -4.40. The van der Waals surface area contributed by atoms with Crippen LogP contribution in [0.15, 0.2) is 18.2 Å². The summed E-state index contributed by atoms with van der Waals surface area (Å²) < 4.78 is 57.1. The van der Waals surface area contributed by atoms with E-state index in [0.29, 0.717) is 17.6 Å². The monoisotopic (exact) mass is 474 g/mol. The number of aromatic nitrogens is 4.